The molecule has 0 unspecified atom stereocenters. The average molecular weight is 181 g/mol. The summed E-state index contributed by atoms with van der Waals surface area (Å²) in [5, 5.41) is 0. The third-order valence-electron chi connectivity index (χ3n) is 0. The third kappa shape index (κ3) is 837. The van der Waals surface area contributed by atoms with E-state index in [9.17, 15) is 4.79 Å². The molecular weight excluding hydrogens is 174 g/mol. The molecular formula is C3H6ClNaO5. The van der Waals surface area contributed by atoms with Gasteiger partial charge in [0, 0.05) is 0 Å². The van der Waals surface area contributed by atoms with Gasteiger partial charge in [-0.15, -0.1) is 10.2 Å². The van der Waals surface area contributed by atoms with Gasteiger partial charge in [0.15, 0.2) is 0 Å². The number of halogens is 1. The van der Waals surface area contributed by atoms with Crippen LogP contribution in [0, 0.1) is 10.2 Å². The Morgan fingerprint density at radius 1 is 1.10 bits per heavy atom. The van der Waals surface area contributed by atoms with Gasteiger partial charge in [0.1, 0.15) is 5.78 Å². The number of hydrogen-bond acceptors (Lipinski definition) is 5. The number of ketones is 1. The first kappa shape index (κ1) is 17.0. The topological polar surface area (TPSA) is 109 Å². The molecule has 0 radical (unpaired) electrons. The molecule has 0 N–H and O–H groups in total. The predicted molar refractivity (Wildman–Crippen MR) is 16.4 cm³/mol. The Labute approximate surface area is 82.7 Å². The van der Waals surface area contributed by atoms with Crippen molar-refractivity contribution in [3.05, 3.63) is 0 Å². The molecule has 0 spiro atoms. The second kappa shape index (κ2) is 7.90. The van der Waals surface area contributed by atoms with Gasteiger partial charge >= 0.3 is 29.6 Å². The van der Waals surface area contributed by atoms with E-state index in [1.807, 2.05) is 0 Å². The molecule has 5 nitrogen and oxygen atoms in total. The van der Waals surface area contributed by atoms with Crippen LogP contribution in [-0.2, 0) is 4.79 Å². The molecule has 56 valence electrons. The molecule has 0 rings (SSSR count). The molecule has 0 saturated heterocycles. The van der Waals surface area contributed by atoms with E-state index in [2.05, 4.69) is 0 Å². The van der Waals surface area contributed by atoms with Crippen molar-refractivity contribution in [3.63, 3.8) is 0 Å². The monoisotopic (exact) mass is 180 g/mol. The first-order chi connectivity index (χ1) is 3.73. The summed E-state index contributed by atoms with van der Waals surface area (Å²) in [6.45, 7) is 3.06. The molecule has 0 aromatic rings. The molecule has 7 heteroatoms. The molecule has 0 aliphatic rings. The molecule has 10 heavy (non-hydrogen) atoms. The SMILES string of the molecule is CC(C)=O.[Na+].[O-][Cl+3]([O-])([O-])[O-]. The van der Waals surface area contributed by atoms with Crippen LogP contribution in [0.5, 0.6) is 0 Å². The normalized spacial score (nSPS) is 8.60. The minimum Gasteiger partial charge on any atom is -0.300 e. The van der Waals surface area contributed by atoms with Crippen LogP contribution in [0.25, 0.3) is 0 Å². The summed E-state index contributed by atoms with van der Waals surface area (Å²) < 4.78 is 34.0. The second-order valence-electron chi connectivity index (χ2n) is 1.29. The van der Waals surface area contributed by atoms with Gasteiger partial charge in [0.05, 0.1) is 0 Å². The van der Waals surface area contributed by atoms with Crippen LogP contribution in [0.15, 0.2) is 0 Å². The van der Waals surface area contributed by atoms with Gasteiger partial charge in [-0.1, -0.05) is 0 Å². The van der Waals surface area contributed by atoms with Crippen LogP contribution >= 0.6 is 0 Å². The molecule has 0 aromatic heterocycles. The first-order valence-corrected chi connectivity index (χ1v) is 3.06. The summed E-state index contributed by atoms with van der Waals surface area (Å²) in [5.41, 5.74) is 0. The van der Waals surface area contributed by atoms with Gasteiger partial charge in [0.25, 0.3) is 0 Å². The Balaban J connectivity index is -0.0000000910. The molecule has 0 bridgehead atoms. The summed E-state index contributed by atoms with van der Waals surface area (Å²) in [7, 11) is -4.94. The van der Waals surface area contributed by atoms with E-state index in [1.54, 1.807) is 0 Å². The van der Waals surface area contributed by atoms with E-state index in [4.69, 9.17) is 18.6 Å². The standard InChI is InChI=1S/C3H6O.ClHO4.Na/c1-3(2)4;2-1(3,4)5;/h1-2H3;(H,2,3,4,5);/q;;+1/p-1. The zero-order valence-electron chi connectivity index (χ0n) is 5.92. The van der Waals surface area contributed by atoms with Gasteiger partial charge in [-0.25, -0.2) is 18.6 Å². The van der Waals surface area contributed by atoms with Crippen LogP contribution in [0.3, 0.4) is 0 Å². The van der Waals surface area contributed by atoms with E-state index in [0.717, 1.165) is 0 Å². The van der Waals surface area contributed by atoms with Crippen LogP contribution < -0.4 is 48.2 Å². The second-order valence-corrected chi connectivity index (χ2v) is 2.04. The quantitative estimate of drug-likeness (QED) is 0.344. The molecule has 0 aliphatic carbocycles. The number of rotatable bonds is 0. The zero-order valence-corrected chi connectivity index (χ0v) is 8.68. The summed E-state index contributed by atoms with van der Waals surface area (Å²) in [4.78, 5) is 9.44. The number of hydrogen-bond donors (Lipinski definition) is 0. The average Bonchev–Trinajstić information content (AvgIpc) is 1.19. The van der Waals surface area contributed by atoms with Crippen molar-refractivity contribution < 1.29 is 63.2 Å². The van der Waals surface area contributed by atoms with Crippen molar-refractivity contribution in [2.24, 2.45) is 0 Å². The Morgan fingerprint density at radius 2 is 1.10 bits per heavy atom. The van der Waals surface area contributed by atoms with Gasteiger partial charge in [-0.05, 0) is 13.8 Å². The maximum atomic E-state index is 9.44. The molecule has 0 amide bonds. The van der Waals surface area contributed by atoms with E-state index in [-0.39, 0.29) is 35.3 Å². The number of Topliss-reactive ketones (excluding diaryl/α,β-unsaturated/α-hetero) is 1. The third-order valence-corrected chi connectivity index (χ3v) is 0. The van der Waals surface area contributed by atoms with Crippen LogP contribution in [0.4, 0.5) is 0 Å². The van der Waals surface area contributed by atoms with E-state index < -0.39 is 10.2 Å². The molecule has 0 aliphatic heterocycles. The largest absolute Gasteiger partial charge is 1.00 e. The Hall–Kier alpha value is 0.800. The fraction of sp³-hybridized carbons (Fsp3) is 0.667. The van der Waals surface area contributed by atoms with E-state index in [0.29, 0.717) is 0 Å². The molecule has 0 heterocycles. The fourth-order valence-electron chi connectivity index (χ4n) is 0. The van der Waals surface area contributed by atoms with Crippen LogP contribution in [0.2, 0.25) is 0 Å². The molecule has 0 fully saturated rings. The number of carbonyl (C=O) groups excluding carboxylic acids is 1. The Kier molecular flexibility index (Phi) is 13.5. The van der Waals surface area contributed by atoms with Crippen molar-refractivity contribution in [1.29, 1.82) is 0 Å². The van der Waals surface area contributed by atoms with Gasteiger partial charge in [-0.3, -0.25) is 0 Å². The summed E-state index contributed by atoms with van der Waals surface area (Å²) in [6, 6.07) is 0. The van der Waals surface area contributed by atoms with Crippen LogP contribution in [0.1, 0.15) is 13.8 Å². The van der Waals surface area contributed by atoms with Crippen LogP contribution in [-0.4, -0.2) is 5.78 Å². The molecule has 0 saturated carbocycles. The van der Waals surface area contributed by atoms with Crippen molar-refractivity contribution in [2.75, 3.05) is 0 Å². The molecule has 0 aromatic carbocycles. The van der Waals surface area contributed by atoms with Gasteiger partial charge in [0.2, 0.25) is 0 Å². The summed E-state index contributed by atoms with van der Waals surface area (Å²) in [5.74, 6) is 0.167. The molecule has 0 atom stereocenters. The Bertz CT molecular complexity index is 79.4. The maximum absolute atomic E-state index is 9.44. The fourth-order valence-corrected chi connectivity index (χ4v) is 0. The predicted octanol–water partition coefficient (Wildman–Crippen LogP) is -7.16. The van der Waals surface area contributed by atoms with Crippen molar-refractivity contribution in [2.45, 2.75) is 13.8 Å². The summed E-state index contributed by atoms with van der Waals surface area (Å²) >= 11 is 0. The zero-order chi connectivity index (χ0) is 8.08. The van der Waals surface area contributed by atoms with Gasteiger partial charge in [-0.2, -0.15) is 0 Å². The number of carbonyl (C=O) groups is 1. The smallest absolute Gasteiger partial charge is 0.300 e. The van der Waals surface area contributed by atoms with Crippen molar-refractivity contribution >= 4 is 5.78 Å². The maximum Gasteiger partial charge on any atom is 1.00 e. The Morgan fingerprint density at radius 3 is 1.10 bits per heavy atom. The van der Waals surface area contributed by atoms with Crippen molar-refractivity contribution in [3.8, 4) is 0 Å². The van der Waals surface area contributed by atoms with Crippen molar-refractivity contribution in [1.82, 2.24) is 0 Å². The van der Waals surface area contributed by atoms with E-state index in [1.165, 1.54) is 13.8 Å². The summed E-state index contributed by atoms with van der Waals surface area (Å²) in [6.07, 6.45) is 0. The van der Waals surface area contributed by atoms with E-state index >= 15 is 0 Å². The minimum atomic E-state index is -4.94. The first-order valence-electron chi connectivity index (χ1n) is 1.82. The van der Waals surface area contributed by atoms with Gasteiger partial charge < -0.3 is 4.79 Å². The minimum absolute atomic E-state index is 0.